The number of rotatable bonds is 4. The summed E-state index contributed by atoms with van der Waals surface area (Å²) in [5, 5.41) is 1.18. The van der Waals surface area contributed by atoms with Crippen LogP contribution in [0.5, 0.6) is 0 Å². The lowest BCUT2D eigenvalue weighted by Gasteiger charge is -2.35. The highest BCUT2D eigenvalue weighted by molar-refractivity contribution is 9.10. The second-order valence-electron chi connectivity index (χ2n) is 7.01. The van der Waals surface area contributed by atoms with E-state index in [1.165, 1.54) is 10.9 Å². The van der Waals surface area contributed by atoms with E-state index in [1.54, 1.807) is 0 Å². The van der Waals surface area contributed by atoms with E-state index in [-0.39, 0.29) is 11.8 Å². The summed E-state index contributed by atoms with van der Waals surface area (Å²) >= 11 is 3.44. The molecule has 4 rings (SSSR count). The highest BCUT2D eigenvalue weighted by atomic mass is 79.9. The number of fused-ring (bicyclic) bond motifs is 1. The number of benzene rings is 2. The number of halogens is 1. The van der Waals surface area contributed by atoms with Gasteiger partial charge in [-0.2, -0.15) is 0 Å². The Morgan fingerprint density at radius 2 is 1.61 bits per heavy atom. The van der Waals surface area contributed by atoms with Gasteiger partial charge in [0.25, 0.3) is 5.91 Å². The lowest BCUT2D eigenvalue weighted by Crippen LogP contribution is -2.50. The maximum Gasteiger partial charge on any atom is 0.255 e. The van der Waals surface area contributed by atoms with Crippen LogP contribution in [0.25, 0.3) is 10.9 Å². The molecule has 144 valence electrons. The van der Waals surface area contributed by atoms with E-state index in [0.717, 1.165) is 16.4 Å². The molecule has 5 nitrogen and oxygen atoms in total. The van der Waals surface area contributed by atoms with Gasteiger partial charge >= 0.3 is 0 Å². The van der Waals surface area contributed by atoms with Crippen LogP contribution in [0.1, 0.15) is 22.3 Å². The second kappa shape index (κ2) is 8.19. The summed E-state index contributed by atoms with van der Waals surface area (Å²) in [6, 6.07) is 15.6. The van der Waals surface area contributed by atoms with Crippen molar-refractivity contribution in [1.82, 2.24) is 14.8 Å². The third-order valence-corrected chi connectivity index (χ3v) is 6.00. The maximum atomic E-state index is 12.7. The number of H-pyrrole nitrogens is 1. The number of carbonyl (C=O) groups is 2. The molecular formula is C22H22BrN3O2. The Morgan fingerprint density at radius 1 is 0.929 bits per heavy atom. The van der Waals surface area contributed by atoms with Crippen LogP contribution < -0.4 is 0 Å². The number of piperazine rings is 1. The number of carbonyl (C=O) groups excluding carboxylic acids is 2. The molecule has 28 heavy (non-hydrogen) atoms. The number of aromatic amines is 1. The van der Waals surface area contributed by atoms with Gasteiger partial charge in [0, 0.05) is 54.2 Å². The van der Waals surface area contributed by atoms with Crippen LogP contribution in [0.4, 0.5) is 0 Å². The maximum absolute atomic E-state index is 12.7. The molecule has 2 heterocycles. The molecule has 1 aliphatic rings. The van der Waals surface area contributed by atoms with E-state index in [0.29, 0.717) is 38.2 Å². The first-order chi connectivity index (χ1) is 13.6. The Kier molecular flexibility index (Phi) is 5.48. The van der Waals surface area contributed by atoms with Gasteiger partial charge in [-0.05, 0) is 46.1 Å². The normalized spacial score (nSPS) is 14.5. The quantitative estimate of drug-likeness (QED) is 0.670. The van der Waals surface area contributed by atoms with Gasteiger partial charge in [-0.25, -0.2) is 0 Å². The number of aromatic nitrogens is 1. The fourth-order valence-corrected chi connectivity index (χ4v) is 4.16. The van der Waals surface area contributed by atoms with Crippen molar-refractivity contribution in [1.29, 1.82) is 0 Å². The van der Waals surface area contributed by atoms with Gasteiger partial charge in [-0.3, -0.25) is 9.59 Å². The van der Waals surface area contributed by atoms with E-state index in [9.17, 15) is 9.59 Å². The Bertz CT molecular complexity index is 1010. The molecule has 0 radical (unpaired) electrons. The minimum atomic E-state index is 0.0124. The zero-order chi connectivity index (χ0) is 19.5. The van der Waals surface area contributed by atoms with E-state index >= 15 is 0 Å². The van der Waals surface area contributed by atoms with Gasteiger partial charge in [-0.1, -0.05) is 30.3 Å². The van der Waals surface area contributed by atoms with Crippen molar-refractivity contribution in [3.05, 3.63) is 70.3 Å². The molecule has 0 bridgehead atoms. The summed E-state index contributed by atoms with van der Waals surface area (Å²) in [5.41, 5.74) is 2.94. The zero-order valence-electron chi connectivity index (χ0n) is 15.5. The predicted octanol–water partition coefficient (Wildman–Crippen LogP) is 3.85. The highest BCUT2D eigenvalue weighted by Crippen LogP contribution is 2.21. The number of hydrogen-bond acceptors (Lipinski definition) is 2. The van der Waals surface area contributed by atoms with Crippen LogP contribution in [-0.4, -0.2) is 52.8 Å². The molecule has 2 aromatic carbocycles. The standard InChI is InChI=1S/C22H22BrN3O2/c23-19-7-3-1-6-18(19)22(28)26-13-11-25(12-14-26)21(27)10-9-16-15-24-20-8-4-2-5-17(16)20/h1-8,15,24H,9-14H2. The van der Waals surface area contributed by atoms with Crippen molar-refractivity contribution < 1.29 is 9.59 Å². The fourth-order valence-electron chi connectivity index (χ4n) is 3.70. The van der Waals surface area contributed by atoms with Crippen molar-refractivity contribution in [2.24, 2.45) is 0 Å². The van der Waals surface area contributed by atoms with Crippen LogP contribution in [0.15, 0.2) is 59.2 Å². The summed E-state index contributed by atoms with van der Waals surface area (Å²) in [6.45, 7) is 2.31. The lowest BCUT2D eigenvalue weighted by atomic mass is 10.1. The van der Waals surface area contributed by atoms with Crippen molar-refractivity contribution in [2.45, 2.75) is 12.8 Å². The number of aryl methyl sites for hydroxylation is 1. The van der Waals surface area contributed by atoms with Crippen molar-refractivity contribution in [3.8, 4) is 0 Å². The first-order valence-corrected chi connectivity index (χ1v) is 10.3. The molecule has 1 N–H and O–H groups in total. The first-order valence-electron chi connectivity index (χ1n) is 9.50. The second-order valence-corrected chi connectivity index (χ2v) is 7.87. The molecule has 0 unspecified atom stereocenters. The average molecular weight is 440 g/mol. The van der Waals surface area contributed by atoms with Crippen molar-refractivity contribution >= 4 is 38.6 Å². The van der Waals surface area contributed by atoms with Crippen LogP contribution >= 0.6 is 15.9 Å². The number of amides is 2. The topological polar surface area (TPSA) is 56.4 Å². The lowest BCUT2D eigenvalue weighted by molar-refractivity contribution is -0.132. The highest BCUT2D eigenvalue weighted by Gasteiger charge is 2.25. The van der Waals surface area contributed by atoms with Gasteiger partial charge in [-0.15, -0.1) is 0 Å². The Balaban J connectivity index is 1.31. The van der Waals surface area contributed by atoms with Crippen LogP contribution in [0, 0.1) is 0 Å². The summed E-state index contributed by atoms with van der Waals surface area (Å²) in [4.78, 5) is 32.3. The summed E-state index contributed by atoms with van der Waals surface area (Å²) in [5.74, 6) is 0.164. The third kappa shape index (κ3) is 3.83. The molecule has 0 aliphatic carbocycles. The predicted molar refractivity (Wildman–Crippen MR) is 113 cm³/mol. The smallest absolute Gasteiger partial charge is 0.255 e. The summed E-state index contributed by atoms with van der Waals surface area (Å²) < 4.78 is 0.803. The molecule has 0 spiro atoms. The van der Waals surface area contributed by atoms with E-state index in [4.69, 9.17) is 0 Å². The SMILES string of the molecule is O=C(CCc1c[nH]c2ccccc12)N1CCN(C(=O)c2ccccc2Br)CC1. The minimum Gasteiger partial charge on any atom is -0.361 e. The first kappa shape index (κ1) is 18.7. The van der Waals surface area contributed by atoms with E-state index in [2.05, 4.69) is 27.0 Å². The molecule has 0 saturated carbocycles. The fraction of sp³-hybridized carbons (Fsp3) is 0.273. The molecule has 6 heteroatoms. The number of nitrogens with zero attached hydrogens (tertiary/aromatic N) is 2. The number of nitrogens with one attached hydrogen (secondary N) is 1. The molecular weight excluding hydrogens is 418 g/mol. The average Bonchev–Trinajstić information content (AvgIpc) is 3.15. The third-order valence-electron chi connectivity index (χ3n) is 5.31. The molecule has 2 amide bonds. The Hall–Kier alpha value is -2.60. The molecule has 1 saturated heterocycles. The van der Waals surface area contributed by atoms with Gasteiger partial charge in [0.1, 0.15) is 0 Å². The van der Waals surface area contributed by atoms with Gasteiger partial charge in [0.05, 0.1) is 5.56 Å². The molecule has 1 aliphatic heterocycles. The number of hydrogen-bond donors (Lipinski definition) is 1. The summed E-state index contributed by atoms with van der Waals surface area (Å²) in [7, 11) is 0. The monoisotopic (exact) mass is 439 g/mol. The van der Waals surface area contributed by atoms with E-state index < -0.39 is 0 Å². The Morgan fingerprint density at radius 3 is 2.39 bits per heavy atom. The summed E-state index contributed by atoms with van der Waals surface area (Å²) in [6.07, 6.45) is 3.20. The van der Waals surface area contributed by atoms with Crippen LogP contribution in [-0.2, 0) is 11.2 Å². The zero-order valence-corrected chi connectivity index (χ0v) is 17.1. The number of para-hydroxylation sites is 1. The molecule has 1 fully saturated rings. The largest absolute Gasteiger partial charge is 0.361 e. The van der Waals surface area contributed by atoms with Crippen LogP contribution in [0.2, 0.25) is 0 Å². The van der Waals surface area contributed by atoms with Crippen molar-refractivity contribution in [3.63, 3.8) is 0 Å². The van der Waals surface area contributed by atoms with Crippen molar-refractivity contribution in [2.75, 3.05) is 26.2 Å². The van der Waals surface area contributed by atoms with Gasteiger partial charge in [0.15, 0.2) is 0 Å². The van der Waals surface area contributed by atoms with Gasteiger partial charge < -0.3 is 14.8 Å². The van der Waals surface area contributed by atoms with Gasteiger partial charge in [0.2, 0.25) is 5.91 Å². The Labute approximate surface area is 172 Å². The molecule has 3 aromatic rings. The van der Waals surface area contributed by atoms with Crippen LogP contribution in [0.3, 0.4) is 0 Å². The molecule has 1 aromatic heterocycles. The minimum absolute atomic E-state index is 0.0124. The van der Waals surface area contributed by atoms with E-state index in [1.807, 2.05) is 58.5 Å². The molecule has 0 atom stereocenters.